The topological polar surface area (TPSA) is 101 Å². The minimum absolute atomic E-state index is 0.00834. The van der Waals surface area contributed by atoms with Crippen LogP contribution in [0.5, 0.6) is 6.01 Å². The Hall–Kier alpha value is -2.12. The molecule has 0 aliphatic heterocycles. The highest BCUT2D eigenvalue weighted by Gasteiger charge is 2.07. The van der Waals surface area contributed by atoms with Crippen LogP contribution in [0.3, 0.4) is 0 Å². The summed E-state index contributed by atoms with van der Waals surface area (Å²) in [5, 5.41) is 8.72. The number of hydrogen-bond donors (Lipinski definition) is 3. The standard InChI is InChI=1S/C12H22N6O2/c1-4-13-9(19)7-8-15-11-16-10(14-5-2)17-12(18-11)20-6-3/h4-8H2,1-3H3,(H,13,19)(H2,14,15,16,17,18). The number of carbonyl (C=O) groups is 1. The van der Waals surface area contributed by atoms with Crippen molar-refractivity contribution in [1.82, 2.24) is 20.3 Å². The molecule has 1 heterocycles. The second-order valence-electron chi connectivity index (χ2n) is 3.86. The van der Waals surface area contributed by atoms with Crippen LogP contribution in [-0.2, 0) is 4.79 Å². The number of ether oxygens (including phenoxy) is 1. The summed E-state index contributed by atoms with van der Waals surface area (Å²) in [6.07, 6.45) is 0.361. The van der Waals surface area contributed by atoms with E-state index >= 15 is 0 Å². The van der Waals surface area contributed by atoms with E-state index in [0.717, 1.165) is 0 Å². The van der Waals surface area contributed by atoms with E-state index in [1.807, 2.05) is 20.8 Å². The van der Waals surface area contributed by atoms with Crippen molar-refractivity contribution >= 4 is 17.8 Å². The van der Waals surface area contributed by atoms with E-state index in [4.69, 9.17) is 4.74 Å². The highest BCUT2D eigenvalue weighted by Crippen LogP contribution is 2.10. The van der Waals surface area contributed by atoms with Crippen molar-refractivity contribution in [2.75, 3.05) is 36.9 Å². The summed E-state index contributed by atoms with van der Waals surface area (Å²) in [6, 6.07) is 0.263. The fourth-order valence-electron chi connectivity index (χ4n) is 1.44. The lowest BCUT2D eigenvalue weighted by Crippen LogP contribution is -2.25. The Balaban J connectivity index is 2.60. The number of aromatic nitrogens is 3. The van der Waals surface area contributed by atoms with E-state index in [1.54, 1.807) is 0 Å². The third kappa shape index (κ3) is 5.68. The molecule has 0 radical (unpaired) electrons. The van der Waals surface area contributed by atoms with Gasteiger partial charge in [-0.3, -0.25) is 4.79 Å². The maximum atomic E-state index is 11.3. The Labute approximate surface area is 118 Å². The fourth-order valence-corrected chi connectivity index (χ4v) is 1.44. The molecule has 3 N–H and O–H groups in total. The van der Waals surface area contributed by atoms with E-state index in [0.29, 0.717) is 44.6 Å². The number of carbonyl (C=O) groups excluding carboxylic acids is 1. The lowest BCUT2D eigenvalue weighted by Gasteiger charge is -2.09. The van der Waals surface area contributed by atoms with Gasteiger partial charge in [-0.25, -0.2) is 0 Å². The first kappa shape index (κ1) is 15.9. The van der Waals surface area contributed by atoms with Gasteiger partial charge in [-0.1, -0.05) is 0 Å². The van der Waals surface area contributed by atoms with Gasteiger partial charge in [0.25, 0.3) is 0 Å². The van der Waals surface area contributed by atoms with E-state index in [2.05, 4.69) is 30.9 Å². The zero-order chi connectivity index (χ0) is 14.8. The smallest absolute Gasteiger partial charge is 0.323 e. The van der Waals surface area contributed by atoms with Gasteiger partial charge in [0.1, 0.15) is 0 Å². The Kier molecular flexibility index (Phi) is 7.08. The molecule has 1 aromatic rings. The number of hydrogen-bond acceptors (Lipinski definition) is 7. The number of rotatable bonds is 9. The zero-order valence-corrected chi connectivity index (χ0v) is 12.2. The van der Waals surface area contributed by atoms with Crippen molar-refractivity contribution in [2.45, 2.75) is 27.2 Å². The zero-order valence-electron chi connectivity index (χ0n) is 12.2. The molecular weight excluding hydrogens is 260 g/mol. The first-order chi connectivity index (χ1) is 9.69. The third-order valence-electron chi connectivity index (χ3n) is 2.23. The van der Waals surface area contributed by atoms with Gasteiger partial charge in [-0.05, 0) is 20.8 Å². The normalized spacial score (nSPS) is 9.95. The van der Waals surface area contributed by atoms with E-state index in [-0.39, 0.29) is 11.9 Å². The van der Waals surface area contributed by atoms with E-state index in [9.17, 15) is 4.79 Å². The minimum atomic E-state index is -0.00834. The van der Waals surface area contributed by atoms with E-state index < -0.39 is 0 Å². The largest absolute Gasteiger partial charge is 0.464 e. The van der Waals surface area contributed by atoms with Gasteiger partial charge in [-0.15, -0.1) is 0 Å². The first-order valence-electron chi connectivity index (χ1n) is 6.82. The van der Waals surface area contributed by atoms with Gasteiger partial charge in [0, 0.05) is 26.1 Å². The lowest BCUT2D eigenvalue weighted by atomic mass is 10.4. The molecule has 0 bridgehead atoms. The maximum absolute atomic E-state index is 11.3. The Morgan fingerprint density at radius 1 is 1.05 bits per heavy atom. The number of nitrogens with zero attached hydrogens (tertiary/aromatic N) is 3. The molecule has 1 aromatic heterocycles. The molecule has 0 fully saturated rings. The summed E-state index contributed by atoms with van der Waals surface area (Å²) in [6.45, 7) is 7.96. The summed E-state index contributed by atoms with van der Waals surface area (Å²) in [5.74, 6) is 0.834. The molecule has 0 spiro atoms. The van der Waals surface area contributed by atoms with Crippen molar-refractivity contribution in [3.05, 3.63) is 0 Å². The molecule has 8 nitrogen and oxygen atoms in total. The van der Waals surface area contributed by atoms with Gasteiger partial charge in [-0.2, -0.15) is 15.0 Å². The highest BCUT2D eigenvalue weighted by atomic mass is 16.5. The van der Waals surface area contributed by atoms with Gasteiger partial charge in [0.2, 0.25) is 17.8 Å². The van der Waals surface area contributed by atoms with Crippen LogP contribution in [0, 0.1) is 0 Å². The second-order valence-corrected chi connectivity index (χ2v) is 3.86. The monoisotopic (exact) mass is 282 g/mol. The third-order valence-corrected chi connectivity index (χ3v) is 2.23. The van der Waals surface area contributed by atoms with Crippen molar-refractivity contribution in [3.63, 3.8) is 0 Å². The molecule has 20 heavy (non-hydrogen) atoms. The quantitative estimate of drug-likeness (QED) is 0.611. The van der Waals surface area contributed by atoms with Crippen molar-refractivity contribution < 1.29 is 9.53 Å². The van der Waals surface area contributed by atoms with E-state index in [1.165, 1.54) is 0 Å². The van der Waals surface area contributed by atoms with Crippen molar-refractivity contribution in [1.29, 1.82) is 0 Å². The highest BCUT2D eigenvalue weighted by molar-refractivity contribution is 5.76. The molecule has 0 aromatic carbocycles. The lowest BCUT2D eigenvalue weighted by molar-refractivity contribution is -0.120. The molecule has 0 unspecified atom stereocenters. The van der Waals surface area contributed by atoms with Crippen LogP contribution >= 0.6 is 0 Å². The van der Waals surface area contributed by atoms with Crippen LogP contribution < -0.4 is 20.7 Å². The summed E-state index contributed by atoms with van der Waals surface area (Å²) >= 11 is 0. The average molecular weight is 282 g/mol. The summed E-state index contributed by atoms with van der Waals surface area (Å²) in [7, 11) is 0. The first-order valence-corrected chi connectivity index (χ1v) is 6.82. The van der Waals surface area contributed by atoms with Crippen LogP contribution in [0.2, 0.25) is 0 Å². The summed E-state index contributed by atoms with van der Waals surface area (Å²) < 4.78 is 5.28. The van der Waals surface area contributed by atoms with Crippen molar-refractivity contribution in [2.24, 2.45) is 0 Å². The molecule has 0 saturated heterocycles. The Morgan fingerprint density at radius 3 is 2.35 bits per heavy atom. The number of nitrogens with one attached hydrogen (secondary N) is 3. The van der Waals surface area contributed by atoms with Crippen LogP contribution in [0.15, 0.2) is 0 Å². The van der Waals surface area contributed by atoms with Crippen LogP contribution in [-0.4, -0.2) is 47.1 Å². The number of anilines is 2. The molecule has 8 heteroatoms. The molecule has 0 saturated carbocycles. The van der Waals surface area contributed by atoms with Crippen LogP contribution in [0.1, 0.15) is 27.2 Å². The minimum Gasteiger partial charge on any atom is -0.464 e. The molecule has 0 aliphatic rings. The van der Waals surface area contributed by atoms with Gasteiger partial charge in [0.05, 0.1) is 6.61 Å². The predicted octanol–water partition coefficient (Wildman–Crippen LogP) is 0.640. The van der Waals surface area contributed by atoms with Crippen molar-refractivity contribution in [3.8, 4) is 6.01 Å². The van der Waals surface area contributed by atoms with Gasteiger partial charge >= 0.3 is 6.01 Å². The predicted molar refractivity (Wildman–Crippen MR) is 77.0 cm³/mol. The van der Waals surface area contributed by atoms with Crippen LogP contribution in [0.25, 0.3) is 0 Å². The molecular formula is C12H22N6O2. The average Bonchev–Trinajstić information content (AvgIpc) is 2.39. The number of amides is 1. The Bertz CT molecular complexity index is 402. The van der Waals surface area contributed by atoms with Gasteiger partial charge < -0.3 is 20.7 Å². The molecule has 1 amide bonds. The second kappa shape index (κ2) is 8.89. The summed E-state index contributed by atoms with van der Waals surface area (Å²) in [4.78, 5) is 23.8. The maximum Gasteiger partial charge on any atom is 0.323 e. The molecule has 0 atom stereocenters. The summed E-state index contributed by atoms with van der Waals surface area (Å²) in [5.41, 5.74) is 0. The molecule has 0 aliphatic carbocycles. The molecule has 112 valence electrons. The Morgan fingerprint density at radius 2 is 1.75 bits per heavy atom. The van der Waals surface area contributed by atoms with Gasteiger partial charge in [0.15, 0.2) is 0 Å². The fraction of sp³-hybridized carbons (Fsp3) is 0.667. The molecule has 1 rings (SSSR count). The van der Waals surface area contributed by atoms with Crippen LogP contribution in [0.4, 0.5) is 11.9 Å². The SMILES string of the molecule is CCNC(=O)CCNc1nc(NCC)nc(OCC)n1.